The van der Waals surface area contributed by atoms with Crippen LogP contribution >= 0.6 is 0 Å². The summed E-state index contributed by atoms with van der Waals surface area (Å²) in [5, 5.41) is 12.1. The van der Waals surface area contributed by atoms with E-state index in [4.69, 9.17) is 9.84 Å². The minimum Gasteiger partial charge on any atom is -0.478 e. The Labute approximate surface area is 128 Å². The lowest BCUT2D eigenvalue weighted by Crippen LogP contribution is -2.71. The molecule has 1 aromatic carbocycles. The van der Waals surface area contributed by atoms with Crippen LogP contribution in [0.25, 0.3) is 0 Å². The molecule has 3 unspecified atom stereocenters. The van der Waals surface area contributed by atoms with E-state index >= 15 is 0 Å². The smallest absolute Gasteiger partial charge is 0.335 e. The summed E-state index contributed by atoms with van der Waals surface area (Å²) in [7, 11) is 0. The molecule has 116 valence electrons. The summed E-state index contributed by atoms with van der Waals surface area (Å²) in [5.41, 5.74) is 0.874. The van der Waals surface area contributed by atoms with Crippen molar-refractivity contribution in [1.29, 1.82) is 0 Å². The summed E-state index contributed by atoms with van der Waals surface area (Å²) in [6, 6.07) is 6.30. The van der Waals surface area contributed by atoms with Crippen LogP contribution in [0.5, 0.6) is 0 Å². The maximum absolute atomic E-state index is 12.4. The normalized spacial score (nSPS) is 31.0. The van der Waals surface area contributed by atoms with Gasteiger partial charge in [0.15, 0.2) is 0 Å². The highest BCUT2D eigenvalue weighted by Crippen LogP contribution is 2.62. The monoisotopic (exact) mass is 301 g/mol. The molecule has 3 fully saturated rings. The number of amides is 1. The largest absolute Gasteiger partial charge is 0.478 e. The van der Waals surface area contributed by atoms with Gasteiger partial charge in [0.1, 0.15) is 0 Å². The number of carbonyl (C=O) groups is 2. The predicted octanol–water partition coefficient (Wildman–Crippen LogP) is 2.07. The maximum atomic E-state index is 12.4. The first kappa shape index (κ1) is 13.8. The van der Waals surface area contributed by atoms with Crippen molar-refractivity contribution in [3.63, 3.8) is 0 Å². The first-order chi connectivity index (χ1) is 10.6. The van der Waals surface area contributed by atoms with Crippen LogP contribution in [0, 0.1) is 11.3 Å². The van der Waals surface area contributed by atoms with Crippen LogP contribution in [-0.2, 0) is 4.74 Å². The Morgan fingerprint density at radius 1 is 1.18 bits per heavy atom. The van der Waals surface area contributed by atoms with E-state index in [-0.39, 0.29) is 22.9 Å². The average molecular weight is 301 g/mol. The van der Waals surface area contributed by atoms with Gasteiger partial charge in [0, 0.05) is 29.5 Å². The number of hydrogen-bond acceptors (Lipinski definition) is 3. The zero-order valence-electron chi connectivity index (χ0n) is 12.2. The van der Waals surface area contributed by atoms with Crippen molar-refractivity contribution in [1.82, 2.24) is 5.32 Å². The molecule has 2 aliphatic carbocycles. The van der Waals surface area contributed by atoms with Crippen LogP contribution in [-0.4, -0.2) is 35.7 Å². The van der Waals surface area contributed by atoms with Crippen molar-refractivity contribution in [3.05, 3.63) is 35.4 Å². The summed E-state index contributed by atoms with van der Waals surface area (Å²) < 4.78 is 5.85. The molecule has 5 heteroatoms. The molecule has 1 saturated heterocycles. The molecule has 2 saturated carbocycles. The fraction of sp³-hybridized carbons (Fsp3) is 0.529. The number of ether oxygens (including phenoxy) is 1. The molecule has 0 radical (unpaired) electrons. The number of hydrogen-bond donors (Lipinski definition) is 2. The van der Waals surface area contributed by atoms with E-state index in [1.165, 1.54) is 18.6 Å². The van der Waals surface area contributed by atoms with Crippen molar-refractivity contribution >= 4 is 11.9 Å². The molecule has 2 N–H and O–H groups in total. The van der Waals surface area contributed by atoms with Crippen molar-refractivity contribution in [2.75, 3.05) is 6.61 Å². The number of aromatic carboxylic acids is 1. The van der Waals surface area contributed by atoms with Crippen LogP contribution < -0.4 is 5.32 Å². The Bertz CT molecular complexity index is 620. The maximum Gasteiger partial charge on any atom is 0.335 e. The third-order valence-electron chi connectivity index (χ3n) is 5.72. The van der Waals surface area contributed by atoms with Gasteiger partial charge in [0.2, 0.25) is 0 Å². The lowest BCUT2D eigenvalue weighted by atomic mass is 9.46. The highest BCUT2D eigenvalue weighted by Gasteiger charge is 2.66. The minimum atomic E-state index is -0.981. The van der Waals surface area contributed by atoms with Gasteiger partial charge in [0.25, 0.3) is 5.91 Å². The molecule has 1 heterocycles. The molecule has 3 aliphatic rings. The Morgan fingerprint density at radius 3 is 2.45 bits per heavy atom. The molecule has 22 heavy (non-hydrogen) atoms. The predicted molar refractivity (Wildman–Crippen MR) is 78.8 cm³/mol. The van der Waals surface area contributed by atoms with Gasteiger partial charge in [-0.05, 0) is 43.5 Å². The molecule has 4 rings (SSSR count). The topological polar surface area (TPSA) is 75.6 Å². The van der Waals surface area contributed by atoms with E-state index in [1.54, 1.807) is 12.1 Å². The minimum absolute atomic E-state index is 0.112. The number of nitrogens with one attached hydrogen (secondary N) is 1. The van der Waals surface area contributed by atoms with Crippen LogP contribution in [0.3, 0.4) is 0 Å². The third-order valence-corrected chi connectivity index (χ3v) is 5.72. The second kappa shape index (κ2) is 4.81. The molecule has 5 nitrogen and oxygen atoms in total. The number of benzene rings is 1. The van der Waals surface area contributed by atoms with Gasteiger partial charge in [-0.3, -0.25) is 4.79 Å². The van der Waals surface area contributed by atoms with Gasteiger partial charge in [0.05, 0.1) is 11.7 Å². The summed E-state index contributed by atoms with van der Waals surface area (Å²) >= 11 is 0. The van der Waals surface area contributed by atoms with Crippen LogP contribution in [0.15, 0.2) is 24.3 Å². The average Bonchev–Trinajstić information content (AvgIpc) is 2.88. The molecule has 1 aromatic rings. The lowest BCUT2D eigenvalue weighted by molar-refractivity contribution is -0.172. The fourth-order valence-electron chi connectivity index (χ4n) is 4.44. The Balaban J connectivity index is 1.48. The SMILES string of the molecule is O=C(O)c1ccc(C(=O)NC2C3CCOC3C23CCC3)cc1. The number of carboxylic acids is 1. The second-order valence-corrected chi connectivity index (χ2v) is 6.66. The van der Waals surface area contributed by atoms with Gasteiger partial charge >= 0.3 is 5.97 Å². The molecular formula is C17H19NO4. The molecule has 0 aromatic heterocycles. The second-order valence-electron chi connectivity index (χ2n) is 6.66. The van der Waals surface area contributed by atoms with Gasteiger partial charge in [-0.25, -0.2) is 4.79 Å². The van der Waals surface area contributed by atoms with E-state index in [0.29, 0.717) is 17.6 Å². The first-order valence-corrected chi connectivity index (χ1v) is 7.88. The number of rotatable bonds is 3. The number of fused-ring (bicyclic) bond motifs is 2. The van der Waals surface area contributed by atoms with Crippen molar-refractivity contribution in [2.24, 2.45) is 11.3 Å². The summed E-state index contributed by atoms with van der Waals surface area (Å²) in [4.78, 5) is 23.3. The summed E-state index contributed by atoms with van der Waals surface area (Å²) in [6.07, 6.45) is 4.84. The molecular weight excluding hydrogens is 282 g/mol. The Kier molecular flexibility index (Phi) is 3.01. The number of carboxylic acid groups (broad SMARTS) is 1. The van der Waals surface area contributed by atoms with Crippen molar-refractivity contribution < 1.29 is 19.4 Å². The molecule has 1 amide bonds. The Hall–Kier alpha value is -1.88. The Morgan fingerprint density at radius 2 is 1.86 bits per heavy atom. The van der Waals surface area contributed by atoms with Crippen LogP contribution in [0.4, 0.5) is 0 Å². The highest BCUT2D eigenvalue weighted by molar-refractivity contribution is 5.96. The zero-order valence-corrected chi connectivity index (χ0v) is 12.2. The standard InChI is InChI=1S/C17H19NO4/c19-15(10-2-4-11(5-3-10)16(20)21)18-13-12-6-9-22-14(12)17(13)7-1-8-17/h2-5,12-14H,1,6-9H2,(H,18,19)(H,20,21). The zero-order chi connectivity index (χ0) is 15.3. The highest BCUT2D eigenvalue weighted by atomic mass is 16.5. The molecule has 0 bridgehead atoms. The molecule has 1 spiro atoms. The summed E-state index contributed by atoms with van der Waals surface area (Å²) in [5.74, 6) is -0.647. The lowest BCUT2D eigenvalue weighted by Gasteiger charge is -2.63. The number of carbonyl (C=O) groups excluding carboxylic acids is 1. The van der Waals surface area contributed by atoms with Gasteiger partial charge in [-0.15, -0.1) is 0 Å². The van der Waals surface area contributed by atoms with Crippen LogP contribution in [0.1, 0.15) is 46.4 Å². The summed E-state index contributed by atoms with van der Waals surface area (Å²) in [6.45, 7) is 0.802. The molecule has 3 atom stereocenters. The van der Waals surface area contributed by atoms with Gasteiger partial charge in [-0.2, -0.15) is 0 Å². The van der Waals surface area contributed by atoms with Gasteiger partial charge in [-0.1, -0.05) is 6.42 Å². The van der Waals surface area contributed by atoms with E-state index in [2.05, 4.69) is 5.32 Å². The molecule has 1 aliphatic heterocycles. The quantitative estimate of drug-likeness (QED) is 0.896. The first-order valence-electron chi connectivity index (χ1n) is 7.88. The van der Waals surface area contributed by atoms with E-state index in [1.807, 2.05) is 0 Å². The van der Waals surface area contributed by atoms with E-state index < -0.39 is 5.97 Å². The fourth-order valence-corrected chi connectivity index (χ4v) is 4.44. The van der Waals surface area contributed by atoms with Crippen molar-refractivity contribution in [2.45, 2.75) is 37.8 Å². The third kappa shape index (κ3) is 1.81. The van der Waals surface area contributed by atoms with Gasteiger partial charge < -0.3 is 15.2 Å². The van der Waals surface area contributed by atoms with Crippen molar-refractivity contribution in [3.8, 4) is 0 Å². The van der Waals surface area contributed by atoms with E-state index in [9.17, 15) is 9.59 Å². The van der Waals surface area contributed by atoms with E-state index in [0.717, 1.165) is 25.9 Å². The van der Waals surface area contributed by atoms with Crippen LogP contribution in [0.2, 0.25) is 0 Å².